The van der Waals surface area contributed by atoms with Gasteiger partial charge in [0.2, 0.25) is 0 Å². The van der Waals surface area contributed by atoms with Crippen LogP contribution in [0.3, 0.4) is 0 Å². The summed E-state index contributed by atoms with van der Waals surface area (Å²) in [7, 11) is -1.96. The summed E-state index contributed by atoms with van der Waals surface area (Å²) >= 11 is 0. The number of hydrogen-bond donors (Lipinski definition) is 1. The maximum atomic E-state index is 12.4. The summed E-state index contributed by atoms with van der Waals surface area (Å²) in [5.41, 5.74) is 6.59. The van der Waals surface area contributed by atoms with Crippen LogP contribution in [0, 0.1) is 0 Å². The first-order valence-corrected chi connectivity index (χ1v) is 7.36. The minimum Gasteiger partial charge on any atom is -0.396 e. The van der Waals surface area contributed by atoms with Crippen molar-refractivity contribution >= 4 is 21.6 Å². The Kier molecular flexibility index (Phi) is 3.72. The Balaban J connectivity index is 2.27. The van der Waals surface area contributed by atoms with Gasteiger partial charge in [-0.05, 0) is 18.9 Å². The molecule has 2 heterocycles. The number of piperidine rings is 1. The highest BCUT2D eigenvalue weighted by molar-refractivity contribution is 7.90. The Morgan fingerprint density at radius 2 is 2.00 bits per heavy atom. The molecule has 6 nitrogen and oxygen atoms in total. The highest BCUT2D eigenvalue weighted by Crippen LogP contribution is 2.25. The predicted octanol–water partition coefficient (Wildman–Crippen LogP) is 0.831. The lowest BCUT2D eigenvalue weighted by Gasteiger charge is -2.31. The molecule has 0 spiro atoms. The number of anilines is 2. The summed E-state index contributed by atoms with van der Waals surface area (Å²) in [6, 6.07) is 1.61. The zero-order valence-corrected chi connectivity index (χ0v) is 11.2. The Morgan fingerprint density at radius 3 is 2.61 bits per heavy atom. The maximum absolute atomic E-state index is 12.4. The van der Waals surface area contributed by atoms with E-state index in [9.17, 15) is 8.42 Å². The molecule has 100 valence electrons. The van der Waals surface area contributed by atoms with Gasteiger partial charge in [0.1, 0.15) is 0 Å². The third kappa shape index (κ3) is 2.41. The minimum absolute atomic E-state index is 0.362. The number of nitrogens with two attached hydrogens (primary N) is 1. The van der Waals surface area contributed by atoms with Crippen LogP contribution in [0.25, 0.3) is 0 Å². The highest BCUT2D eigenvalue weighted by Gasteiger charge is 2.29. The predicted molar refractivity (Wildman–Crippen MR) is 71.4 cm³/mol. The fourth-order valence-corrected chi connectivity index (χ4v) is 3.56. The lowest BCUT2D eigenvalue weighted by atomic mass is 10.2. The van der Waals surface area contributed by atoms with E-state index >= 15 is 0 Å². The molecule has 1 aromatic heterocycles. The van der Waals surface area contributed by atoms with E-state index in [4.69, 9.17) is 5.73 Å². The molecule has 1 aromatic rings. The van der Waals surface area contributed by atoms with E-state index < -0.39 is 10.2 Å². The van der Waals surface area contributed by atoms with E-state index in [-0.39, 0.29) is 0 Å². The van der Waals surface area contributed by atoms with Gasteiger partial charge in [-0.15, -0.1) is 0 Å². The first kappa shape index (κ1) is 13.1. The Bertz CT molecular complexity index is 512. The van der Waals surface area contributed by atoms with Crippen LogP contribution >= 0.6 is 0 Å². The molecule has 0 amide bonds. The largest absolute Gasteiger partial charge is 0.396 e. The third-order valence-corrected chi connectivity index (χ3v) is 5.06. The van der Waals surface area contributed by atoms with Gasteiger partial charge in [-0.25, -0.2) is 0 Å². The molecule has 18 heavy (non-hydrogen) atoms. The van der Waals surface area contributed by atoms with Crippen LogP contribution in [0.15, 0.2) is 18.5 Å². The maximum Gasteiger partial charge on any atom is 0.303 e. The van der Waals surface area contributed by atoms with E-state index in [1.165, 1.54) is 28.1 Å². The topological polar surface area (TPSA) is 79.5 Å². The van der Waals surface area contributed by atoms with Crippen LogP contribution < -0.4 is 10.0 Å². The fraction of sp³-hybridized carbons (Fsp3) is 0.545. The van der Waals surface area contributed by atoms with Crippen molar-refractivity contribution in [2.24, 2.45) is 0 Å². The minimum atomic E-state index is -3.48. The lowest BCUT2D eigenvalue weighted by molar-refractivity contribution is 0.346. The number of hydrogen-bond acceptors (Lipinski definition) is 4. The van der Waals surface area contributed by atoms with Crippen LogP contribution in [0.5, 0.6) is 0 Å². The van der Waals surface area contributed by atoms with Crippen molar-refractivity contribution in [1.29, 1.82) is 0 Å². The van der Waals surface area contributed by atoms with E-state index in [0.29, 0.717) is 24.5 Å². The van der Waals surface area contributed by atoms with Gasteiger partial charge < -0.3 is 5.73 Å². The molecule has 1 saturated heterocycles. The highest BCUT2D eigenvalue weighted by atomic mass is 32.2. The van der Waals surface area contributed by atoms with Crippen LogP contribution in [0.2, 0.25) is 0 Å². The van der Waals surface area contributed by atoms with Crippen LogP contribution in [0.4, 0.5) is 11.4 Å². The van der Waals surface area contributed by atoms with Crippen molar-refractivity contribution in [1.82, 2.24) is 9.29 Å². The summed E-state index contributed by atoms with van der Waals surface area (Å²) in [5.74, 6) is 0. The third-order valence-electron chi connectivity index (χ3n) is 3.15. The van der Waals surface area contributed by atoms with E-state index in [1.807, 2.05) is 0 Å². The normalized spacial score (nSPS) is 17.6. The van der Waals surface area contributed by atoms with E-state index in [0.717, 1.165) is 19.3 Å². The Morgan fingerprint density at radius 1 is 1.33 bits per heavy atom. The summed E-state index contributed by atoms with van der Waals surface area (Å²) in [6.45, 7) is 1.16. The molecular formula is C11H18N4O2S. The number of aromatic nitrogens is 1. The van der Waals surface area contributed by atoms with Crippen molar-refractivity contribution in [2.45, 2.75) is 19.3 Å². The second-order valence-electron chi connectivity index (χ2n) is 4.37. The molecule has 0 atom stereocenters. The molecule has 2 rings (SSSR count). The first-order chi connectivity index (χ1) is 8.53. The van der Waals surface area contributed by atoms with Crippen molar-refractivity contribution in [3.8, 4) is 0 Å². The van der Waals surface area contributed by atoms with Gasteiger partial charge in [0.15, 0.2) is 0 Å². The molecule has 0 saturated carbocycles. The molecule has 0 aromatic carbocycles. The molecule has 0 bridgehead atoms. The standard InChI is InChI=1S/C11H18N4O2S/c1-14(11-5-6-13-9-10(11)12)18(16,17)15-7-3-2-4-8-15/h5-6,9H,2-4,7-8,12H2,1H3. The average molecular weight is 270 g/mol. The number of pyridine rings is 1. The molecule has 0 unspecified atom stereocenters. The van der Waals surface area contributed by atoms with Gasteiger partial charge in [0.05, 0.1) is 17.6 Å². The zero-order chi connectivity index (χ0) is 13.2. The second-order valence-corrected chi connectivity index (χ2v) is 6.33. The van der Waals surface area contributed by atoms with Gasteiger partial charge in [0, 0.05) is 26.3 Å². The number of nitrogen functional groups attached to an aromatic ring is 1. The van der Waals surface area contributed by atoms with Gasteiger partial charge in [0.25, 0.3) is 0 Å². The van der Waals surface area contributed by atoms with Gasteiger partial charge in [-0.1, -0.05) is 6.42 Å². The quantitative estimate of drug-likeness (QED) is 0.882. The number of rotatable bonds is 3. The number of nitrogens with zero attached hydrogens (tertiary/aromatic N) is 3. The SMILES string of the molecule is CN(c1ccncc1N)S(=O)(=O)N1CCCCC1. The van der Waals surface area contributed by atoms with Crippen molar-refractivity contribution in [3.05, 3.63) is 18.5 Å². The Hall–Kier alpha value is -1.34. The molecule has 7 heteroatoms. The van der Waals surface area contributed by atoms with Crippen LogP contribution in [0.1, 0.15) is 19.3 Å². The average Bonchev–Trinajstić information content (AvgIpc) is 2.39. The summed E-state index contributed by atoms with van der Waals surface area (Å²) in [6.07, 6.45) is 5.91. The zero-order valence-electron chi connectivity index (χ0n) is 10.4. The van der Waals surface area contributed by atoms with Gasteiger partial charge in [-0.3, -0.25) is 9.29 Å². The molecule has 1 aliphatic heterocycles. The Labute approximate surface area is 108 Å². The summed E-state index contributed by atoms with van der Waals surface area (Å²) in [4.78, 5) is 3.86. The van der Waals surface area contributed by atoms with Crippen LogP contribution in [-0.2, 0) is 10.2 Å². The van der Waals surface area contributed by atoms with E-state index in [1.54, 1.807) is 6.07 Å². The van der Waals surface area contributed by atoms with Crippen LogP contribution in [-0.4, -0.2) is 37.8 Å². The smallest absolute Gasteiger partial charge is 0.303 e. The van der Waals surface area contributed by atoms with Gasteiger partial charge >= 0.3 is 10.2 Å². The molecule has 0 radical (unpaired) electrons. The molecular weight excluding hydrogens is 252 g/mol. The summed E-state index contributed by atoms with van der Waals surface area (Å²) < 4.78 is 27.6. The fourth-order valence-electron chi connectivity index (χ4n) is 2.08. The molecule has 2 N–H and O–H groups in total. The monoisotopic (exact) mass is 270 g/mol. The second kappa shape index (κ2) is 5.11. The van der Waals surface area contributed by atoms with Crippen molar-refractivity contribution in [2.75, 3.05) is 30.2 Å². The molecule has 1 fully saturated rings. The van der Waals surface area contributed by atoms with Crippen molar-refractivity contribution < 1.29 is 8.42 Å². The first-order valence-electron chi connectivity index (χ1n) is 5.97. The van der Waals surface area contributed by atoms with Gasteiger partial charge in [-0.2, -0.15) is 12.7 Å². The molecule has 0 aliphatic carbocycles. The van der Waals surface area contributed by atoms with E-state index in [2.05, 4.69) is 4.98 Å². The lowest BCUT2D eigenvalue weighted by Crippen LogP contribution is -2.44. The summed E-state index contributed by atoms with van der Waals surface area (Å²) in [5, 5.41) is 0. The van der Waals surface area contributed by atoms with Crippen molar-refractivity contribution in [3.63, 3.8) is 0 Å². The molecule has 1 aliphatic rings.